The molecule has 68 valence electrons. The van der Waals surface area contributed by atoms with E-state index in [-0.39, 0.29) is 6.10 Å². The highest BCUT2D eigenvalue weighted by Crippen LogP contribution is 2.08. The van der Waals surface area contributed by atoms with Crippen molar-refractivity contribution in [3.8, 4) is 5.88 Å². The summed E-state index contributed by atoms with van der Waals surface area (Å²) in [5, 5.41) is 9.82. The number of H-pyrrole nitrogens is 1. The number of aryl methyl sites for hydroxylation is 1. The first-order valence-corrected chi connectivity index (χ1v) is 4.05. The van der Waals surface area contributed by atoms with Crippen LogP contribution in [0.2, 0.25) is 0 Å². The molecule has 4 nitrogen and oxygen atoms in total. The van der Waals surface area contributed by atoms with Crippen molar-refractivity contribution in [3.05, 3.63) is 11.8 Å². The Balaban J connectivity index is 2.41. The van der Waals surface area contributed by atoms with Gasteiger partial charge < -0.3 is 10.1 Å². The highest BCUT2D eigenvalue weighted by Gasteiger charge is 2.04. The molecular formula is C8H15N3O. The number of aromatic amines is 1. The maximum absolute atomic E-state index is 5.47. The van der Waals surface area contributed by atoms with E-state index in [2.05, 4.69) is 15.5 Å². The van der Waals surface area contributed by atoms with E-state index in [0.717, 1.165) is 12.2 Å². The third kappa shape index (κ3) is 2.54. The molecule has 0 radical (unpaired) electrons. The fourth-order valence-electron chi connectivity index (χ4n) is 0.989. The predicted octanol–water partition coefficient (Wildman–Crippen LogP) is 0.705. The van der Waals surface area contributed by atoms with E-state index in [0.29, 0.717) is 5.88 Å². The molecule has 0 aliphatic carbocycles. The van der Waals surface area contributed by atoms with Gasteiger partial charge in [-0.15, -0.1) is 5.10 Å². The molecule has 0 amide bonds. The lowest BCUT2D eigenvalue weighted by atomic mass is 10.4. The van der Waals surface area contributed by atoms with Gasteiger partial charge in [0.15, 0.2) is 0 Å². The number of ether oxygens (including phenoxy) is 1. The largest absolute Gasteiger partial charge is 0.472 e. The second kappa shape index (κ2) is 4.11. The van der Waals surface area contributed by atoms with Gasteiger partial charge in [0.05, 0.1) is 0 Å². The fourth-order valence-corrected chi connectivity index (χ4v) is 0.989. The molecule has 1 atom stereocenters. The summed E-state index contributed by atoms with van der Waals surface area (Å²) in [4.78, 5) is 0. The number of aromatic nitrogens is 2. The summed E-state index contributed by atoms with van der Waals surface area (Å²) >= 11 is 0. The van der Waals surface area contributed by atoms with Crippen molar-refractivity contribution in [3.63, 3.8) is 0 Å². The van der Waals surface area contributed by atoms with Crippen LogP contribution in [0.1, 0.15) is 12.6 Å². The summed E-state index contributed by atoms with van der Waals surface area (Å²) in [7, 11) is 1.90. The van der Waals surface area contributed by atoms with Crippen LogP contribution in [0.5, 0.6) is 5.88 Å². The van der Waals surface area contributed by atoms with Crippen LogP contribution in [0.4, 0.5) is 0 Å². The zero-order valence-electron chi connectivity index (χ0n) is 7.72. The fraction of sp³-hybridized carbons (Fsp3) is 0.625. The maximum atomic E-state index is 5.47. The van der Waals surface area contributed by atoms with Crippen LogP contribution in [0.15, 0.2) is 6.07 Å². The van der Waals surface area contributed by atoms with Crippen LogP contribution in [0.25, 0.3) is 0 Å². The summed E-state index contributed by atoms with van der Waals surface area (Å²) in [5.74, 6) is 0.662. The Morgan fingerprint density at radius 1 is 1.75 bits per heavy atom. The van der Waals surface area contributed by atoms with Crippen LogP contribution < -0.4 is 10.1 Å². The molecule has 0 saturated heterocycles. The number of hydrogen-bond donors (Lipinski definition) is 2. The molecule has 0 aromatic carbocycles. The second-order valence-electron chi connectivity index (χ2n) is 2.88. The zero-order valence-corrected chi connectivity index (χ0v) is 7.72. The van der Waals surface area contributed by atoms with Crippen molar-refractivity contribution in [2.75, 3.05) is 13.6 Å². The molecule has 1 unspecified atom stereocenters. The van der Waals surface area contributed by atoms with E-state index in [9.17, 15) is 0 Å². The minimum Gasteiger partial charge on any atom is -0.472 e. The van der Waals surface area contributed by atoms with Crippen LogP contribution in [0, 0.1) is 6.92 Å². The number of likely N-dealkylation sites (N-methyl/N-ethyl adjacent to an activating group) is 1. The zero-order chi connectivity index (χ0) is 8.97. The standard InChI is InChI=1S/C8H15N3O/c1-6-4-8(11-10-6)12-7(2)5-9-3/h4,7,9H,5H2,1-3H3,(H,10,11). The summed E-state index contributed by atoms with van der Waals surface area (Å²) in [6.07, 6.45) is 0.151. The summed E-state index contributed by atoms with van der Waals surface area (Å²) in [6, 6.07) is 1.88. The third-order valence-corrected chi connectivity index (χ3v) is 1.50. The van der Waals surface area contributed by atoms with Crippen LogP contribution >= 0.6 is 0 Å². The van der Waals surface area contributed by atoms with E-state index >= 15 is 0 Å². The molecule has 0 aliphatic rings. The lowest BCUT2D eigenvalue weighted by molar-refractivity contribution is 0.211. The minimum absolute atomic E-state index is 0.151. The minimum atomic E-state index is 0.151. The van der Waals surface area contributed by atoms with Crippen molar-refractivity contribution in [2.45, 2.75) is 20.0 Å². The van der Waals surface area contributed by atoms with Gasteiger partial charge in [-0.1, -0.05) is 0 Å². The molecule has 2 N–H and O–H groups in total. The Morgan fingerprint density at radius 3 is 3.00 bits per heavy atom. The van der Waals surface area contributed by atoms with Gasteiger partial charge in [0, 0.05) is 18.3 Å². The number of nitrogens with zero attached hydrogens (tertiary/aromatic N) is 1. The first-order chi connectivity index (χ1) is 5.72. The monoisotopic (exact) mass is 169 g/mol. The van der Waals surface area contributed by atoms with E-state index in [4.69, 9.17) is 4.74 Å². The highest BCUT2D eigenvalue weighted by atomic mass is 16.5. The van der Waals surface area contributed by atoms with Gasteiger partial charge in [-0.05, 0) is 20.9 Å². The lowest BCUT2D eigenvalue weighted by Gasteiger charge is -2.10. The van der Waals surface area contributed by atoms with Gasteiger partial charge in [0.1, 0.15) is 6.10 Å². The van der Waals surface area contributed by atoms with Gasteiger partial charge in [-0.2, -0.15) is 0 Å². The number of rotatable bonds is 4. The first kappa shape index (κ1) is 9.06. The molecule has 0 spiro atoms. The lowest BCUT2D eigenvalue weighted by Crippen LogP contribution is -2.26. The molecule has 0 fully saturated rings. The average molecular weight is 169 g/mol. The van der Waals surface area contributed by atoms with E-state index in [1.807, 2.05) is 27.0 Å². The topological polar surface area (TPSA) is 49.9 Å². The molecule has 1 heterocycles. The van der Waals surface area contributed by atoms with Crippen molar-refractivity contribution in [2.24, 2.45) is 0 Å². The van der Waals surface area contributed by atoms with Gasteiger partial charge in [0.2, 0.25) is 5.88 Å². The van der Waals surface area contributed by atoms with Crippen molar-refractivity contribution in [1.82, 2.24) is 15.5 Å². The smallest absolute Gasteiger partial charge is 0.233 e. The van der Waals surface area contributed by atoms with Crippen molar-refractivity contribution >= 4 is 0 Å². The van der Waals surface area contributed by atoms with Gasteiger partial charge in [-0.25, -0.2) is 0 Å². The number of hydrogen-bond acceptors (Lipinski definition) is 3. The Morgan fingerprint density at radius 2 is 2.50 bits per heavy atom. The van der Waals surface area contributed by atoms with E-state index < -0.39 is 0 Å². The Kier molecular flexibility index (Phi) is 3.10. The van der Waals surface area contributed by atoms with Crippen LogP contribution in [-0.4, -0.2) is 29.9 Å². The van der Waals surface area contributed by atoms with Crippen molar-refractivity contribution < 1.29 is 4.74 Å². The average Bonchev–Trinajstić information content (AvgIpc) is 2.36. The molecule has 1 rings (SSSR count). The molecule has 0 bridgehead atoms. The second-order valence-corrected chi connectivity index (χ2v) is 2.88. The molecule has 1 aromatic heterocycles. The summed E-state index contributed by atoms with van der Waals surface area (Å²) in [5.41, 5.74) is 1.02. The predicted molar refractivity (Wildman–Crippen MR) is 47.3 cm³/mol. The molecule has 1 aromatic rings. The first-order valence-electron chi connectivity index (χ1n) is 4.05. The third-order valence-electron chi connectivity index (χ3n) is 1.50. The van der Waals surface area contributed by atoms with Gasteiger partial charge in [0.25, 0.3) is 0 Å². The number of nitrogens with one attached hydrogen (secondary N) is 2. The van der Waals surface area contributed by atoms with Gasteiger partial charge >= 0.3 is 0 Å². The van der Waals surface area contributed by atoms with E-state index in [1.165, 1.54) is 0 Å². The Labute approximate surface area is 72.3 Å². The Bertz CT molecular complexity index is 234. The Hall–Kier alpha value is -1.03. The summed E-state index contributed by atoms with van der Waals surface area (Å²) in [6.45, 7) is 4.77. The SMILES string of the molecule is CNCC(C)Oc1cc(C)[nH]n1. The molecular weight excluding hydrogens is 154 g/mol. The van der Waals surface area contributed by atoms with E-state index in [1.54, 1.807) is 0 Å². The van der Waals surface area contributed by atoms with Crippen LogP contribution in [0.3, 0.4) is 0 Å². The quantitative estimate of drug-likeness (QED) is 0.697. The summed E-state index contributed by atoms with van der Waals surface area (Å²) < 4.78 is 5.47. The maximum Gasteiger partial charge on any atom is 0.233 e. The van der Waals surface area contributed by atoms with Gasteiger partial charge in [-0.3, -0.25) is 5.10 Å². The molecule has 12 heavy (non-hydrogen) atoms. The van der Waals surface area contributed by atoms with Crippen molar-refractivity contribution in [1.29, 1.82) is 0 Å². The molecule has 4 heteroatoms. The molecule has 0 saturated carbocycles. The van der Waals surface area contributed by atoms with Crippen LogP contribution in [-0.2, 0) is 0 Å². The molecule has 0 aliphatic heterocycles. The highest BCUT2D eigenvalue weighted by molar-refractivity contribution is 5.12. The normalized spacial score (nSPS) is 12.9.